The zero-order chi connectivity index (χ0) is 22.2. The van der Waals surface area contributed by atoms with Gasteiger partial charge in [-0.3, -0.25) is 13.8 Å². The second-order valence-electron chi connectivity index (χ2n) is 8.99. The van der Waals surface area contributed by atoms with Crippen LogP contribution in [-0.4, -0.2) is 66.3 Å². The van der Waals surface area contributed by atoms with Gasteiger partial charge in [0.2, 0.25) is 0 Å². The van der Waals surface area contributed by atoms with Crippen LogP contribution in [0, 0.1) is 0 Å². The number of phosphoric acid groups is 1. The van der Waals surface area contributed by atoms with Gasteiger partial charge in [0, 0.05) is 0 Å². The van der Waals surface area contributed by atoms with Gasteiger partial charge in [-0.05, 0) is 6.42 Å². The molecule has 0 fully saturated rings. The highest BCUT2D eigenvalue weighted by Gasteiger charge is 2.31. The fourth-order valence-electron chi connectivity index (χ4n) is 3.28. The fraction of sp³-hybridized carbons (Fsp3) is 0.952. The number of carbonyl (C=O) groups is 1. The Bertz CT molecular complexity index is 469. The third kappa shape index (κ3) is 22.2. The van der Waals surface area contributed by atoms with E-state index in [4.69, 9.17) is 14.2 Å². The SMILES string of the molecule is CCCCCCCCCCCCCCOP(=O)(O)OC(CC(=O)O)C[N+](C)(C)C.[OH-]. The molecule has 0 aliphatic rings. The summed E-state index contributed by atoms with van der Waals surface area (Å²) in [6.45, 7) is 2.69. The molecule has 0 aromatic rings. The molecule has 3 N–H and O–H groups in total. The molecule has 0 saturated carbocycles. The Labute approximate surface area is 183 Å². The number of unbranched alkanes of at least 4 members (excludes halogenated alkanes) is 11. The van der Waals surface area contributed by atoms with Crippen molar-refractivity contribution in [2.75, 3.05) is 34.3 Å². The largest absolute Gasteiger partial charge is 0.870 e. The molecule has 0 bridgehead atoms. The van der Waals surface area contributed by atoms with Crippen LogP contribution in [0.15, 0.2) is 0 Å². The molecular weight excluding hydrogens is 409 g/mol. The molecule has 0 heterocycles. The second kappa shape index (κ2) is 18.1. The average molecular weight is 456 g/mol. The Morgan fingerprint density at radius 3 is 1.73 bits per heavy atom. The van der Waals surface area contributed by atoms with E-state index in [0.717, 1.165) is 12.8 Å². The zero-order valence-electron chi connectivity index (χ0n) is 19.6. The van der Waals surface area contributed by atoms with Crippen molar-refractivity contribution in [3.8, 4) is 0 Å². The summed E-state index contributed by atoms with van der Waals surface area (Å²) in [4.78, 5) is 20.9. The minimum absolute atomic E-state index is 0. The standard InChI is InChI=1S/C21H44NO6P.H2O/c1-5-6-7-8-9-10-11-12-13-14-15-16-17-27-29(25,26)28-20(18-21(23)24)19-22(2,3)4;/h20H,5-19H2,1-4H3,(H-,23,24,25,26);1H2. The first-order valence-electron chi connectivity index (χ1n) is 11.2. The highest BCUT2D eigenvalue weighted by Crippen LogP contribution is 2.45. The van der Waals surface area contributed by atoms with Crippen molar-refractivity contribution in [2.45, 2.75) is 96.5 Å². The molecule has 2 unspecified atom stereocenters. The molecule has 0 aromatic carbocycles. The summed E-state index contributed by atoms with van der Waals surface area (Å²) in [6, 6.07) is 0. The lowest BCUT2D eigenvalue weighted by Crippen LogP contribution is -2.42. The molecule has 0 spiro atoms. The Hall–Kier alpha value is -0.500. The van der Waals surface area contributed by atoms with Crippen LogP contribution in [0.3, 0.4) is 0 Å². The molecule has 182 valence electrons. The molecule has 8 nitrogen and oxygen atoms in total. The lowest BCUT2D eigenvalue weighted by Gasteiger charge is -2.29. The monoisotopic (exact) mass is 455 g/mol. The summed E-state index contributed by atoms with van der Waals surface area (Å²) in [5.41, 5.74) is 0. The van der Waals surface area contributed by atoms with Gasteiger partial charge in [-0.15, -0.1) is 0 Å². The van der Waals surface area contributed by atoms with Crippen LogP contribution in [0.5, 0.6) is 0 Å². The Morgan fingerprint density at radius 1 is 0.900 bits per heavy atom. The van der Waals surface area contributed by atoms with Crippen LogP contribution in [-0.2, 0) is 18.4 Å². The molecule has 0 rings (SSSR count). The predicted octanol–water partition coefficient (Wildman–Crippen LogP) is 5.19. The Kier molecular flexibility index (Phi) is 19.1. The number of nitrogens with zero attached hydrogens (tertiary/aromatic N) is 1. The van der Waals surface area contributed by atoms with E-state index in [1.807, 2.05) is 21.1 Å². The minimum Gasteiger partial charge on any atom is -0.870 e. The van der Waals surface area contributed by atoms with Gasteiger partial charge in [-0.25, -0.2) is 4.57 Å². The average Bonchev–Trinajstić information content (AvgIpc) is 2.56. The summed E-state index contributed by atoms with van der Waals surface area (Å²) >= 11 is 0. The van der Waals surface area contributed by atoms with Gasteiger partial charge in [0.25, 0.3) is 0 Å². The first-order chi connectivity index (χ1) is 13.6. The molecule has 0 saturated heterocycles. The summed E-state index contributed by atoms with van der Waals surface area (Å²) < 4.78 is 22.7. The molecule has 0 aliphatic carbocycles. The van der Waals surface area contributed by atoms with Gasteiger partial charge in [0.1, 0.15) is 12.6 Å². The number of rotatable bonds is 20. The summed E-state index contributed by atoms with van der Waals surface area (Å²) in [5, 5.41) is 8.98. The van der Waals surface area contributed by atoms with E-state index in [1.54, 1.807) is 0 Å². The summed E-state index contributed by atoms with van der Waals surface area (Å²) in [6.07, 6.45) is 13.3. The van der Waals surface area contributed by atoms with Gasteiger partial charge >= 0.3 is 13.8 Å². The number of hydrogen-bond acceptors (Lipinski definition) is 5. The van der Waals surface area contributed by atoms with Crippen molar-refractivity contribution in [1.29, 1.82) is 0 Å². The third-order valence-electron chi connectivity index (χ3n) is 4.69. The minimum atomic E-state index is -4.25. The van der Waals surface area contributed by atoms with Crippen LogP contribution < -0.4 is 0 Å². The molecule has 9 heteroatoms. The zero-order valence-corrected chi connectivity index (χ0v) is 20.4. The Morgan fingerprint density at radius 2 is 1.33 bits per heavy atom. The lowest BCUT2D eigenvalue weighted by atomic mass is 10.1. The van der Waals surface area contributed by atoms with E-state index in [-0.39, 0.29) is 18.5 Å². The van der Waals surface area contributed by atoms with E-state index in [1.165, 1.54) is 57.8 Å². The van der Waals surface area contributed by atoms with E-state index in [9.17, 15) is 14.3 Å². The highest BCUT2D eigenvalue weighted by atomic mass is 31.2. The van der Waals surface area contributed by atoms with Crippen molar-refractivity contribution in [3.05, 3.63) is 0 Å². The molecule has 0 radical (unpaired) electrons. The van der Waals surface area contributed by atoms with Crippen LogP contribution in [0.2, 0.25) is 0 Å². The number of likely N-dealkylation sites (N-methyl/N-ethyl adjacent to an activating group) is 1. The summed E-state index contributed by atoms with van der Waals surface area (Å²) in [7, 11) is 1.36. The Balaban J connectivity index is 0. The van der Waals surface area contributed by atoms with Gasteiger partial charge in [0.15, 0.2) is 0 Å². The molecular formula is C21H46NO7P. The molecule has 30 heavy (non-hydrogen) atoms. The van der Waals surface area contributed by atoms with Crippen molar-refractivity contribution in [2.24, 2.45) is 0 Å². The fourth-order valence-corrected chi connectivity index (χ4v) is 4.22. The van der Waals surface area contributed by atoms with Crippen LogP contribution in [0.25, 0.3) is 0 Å². The topological polar surface area (TPSA) is 123 Å². The van der Waals surface area contributed by atoms with Gasteiger partial charge in [-0.2, -0.15) is 0 Å². The number of hydrogen-bond donors (Lipinski definition) is 2. The number of carboxylic acid groups (broad SMARTS) is 1. The van der Waals surface area contributed by atoms with Gasteiger partial charge < -0.3 is 20.0 Å². The van der Waals surface area contributed by atoms with Crippen molar-refractivity contribution in [3.63, 3.8) is 0 Å². The summed E-state index contributed by atoms with van der Waals surface area (Å²) in [5.74, 6) is -1.07. The molecule has 0 aromatic heterocycles. The van der Waals surface area contributed by atoms with Gasteiger partial charge in [0.05, 0.1) is 34.2 Å². The number of phosphoric ester groups is 1. The van der Waals surface area contributed by atoms with Crippen LogP contribution in [0.4, 0.5) is 0 Å². The molecule has 0 aliphatic heterocycles. The lowest BCUT2D eigenvalue weighted by molar-refractivity contribution is -0.873. The normalized spacial score (nSPS) is 14.7. The maximum atomic E-state index is 12.1. The quantitative estimate of drug-likeness (QED) is 0.147. The van der Waals surface area contributed by atoms with Crippen molar-refractivity contribution < 1.29 is 38.4 Å². The van der Waals surface area contributed by atoms with Crippen LogP contribution >= 0.6 is 7.82 Å². The maximum absolute atomic E-state index is 12.1. The van der Waals surface area contributed by atoms with Crippen molar-refractivity contribution >= 4 is 13.8 Å². The number of carboxylic acids is 1. The first kappa shape index (κ1) is 31.7. The third-order valence-corrected chi connectivity index (χ3v) is 5.76. The number of quaternary nitrogens is 1. The predicted molar refractivity (Wildman–Crippen MR) is 119 cm³/mol. The van der Waals surface area contributed by atoms with Crippen LogP contribution in [0.1, 0.15) is 90.4 Å². The van der Waals surface area contributed by atoms with E-state index < -0.39 is 19.9 Å². The van der Waals surface area contributed by atoms with Gasteiger partial charge in [-0.1, -0.05) is 77.6 Å². The maximum Gasteiger partial charge on any atom is 0.472 e. The number of aliphatic carboxylic acids is 1. The smallest absolute Gasteiger partial charge is 0.472 e. The van der Waals surface area contributed by atoms with E-state index in [2.05, 4.69) is 6.92 Å². The van der Waals surface area contributed by atoms with E-state index in [0.29, 0.717) is 17.4 Å². The highest BCUT2D eigenvalue weighted by molar-refractivity contribution is 7.47. The molecule has 0 amide bonds. The second-order valence-corrected chi connectivity index (χ2v) is 10.4. The van der Waals surface area contributed by atoms with E-state index >= 15 is 0 Å². The van der Waals surface area contributed by atoms with Crippen molar-refractivity contribution in [1.82, 2.24) is 0 Å². The molecule has 2 atom stereocenters. The first-order valence-corrected chi connectivity index (χ1v) is 12.7.